The molecule has 9 heteroatoms. The predicted octanol–water partition coefficient (Wildman–Crippen LogP) is 3.20. The van der Waals surface area contributed by atoms with Gasteiger partial charge in [-0.15, -0.1) is 0 Å². The van der Waals surface area contributed by atoms with E-state index in [0.29, 0.717) is 11.5 Å². The Kier molecular flexibility index (Phi) is 6.64. The molecule has 0 heterocycles. The van der Waals surface area contributed by atoms with E-state index < -0.39 is 23.6 Å². The summed E-state index contributed by atoms with van der Waals surface area (Å²) < 4.78 is 48.1. The normalized spacial score (nSPS) is 11.2. The highest BCUT2D eigenvalue weighted by Gasteiger charge is 2.30. The van der Waals surface area contributed by atoms with Gasteiger partial charge in [-0.2, -0.15) is 13.2 Å². The summed E-state index contributed by atoms with van der Waals surface area (Å²) in [6.45, 7) is 0. The third-order valence-corrected chi connectivity index (χ3v) is 3.55. The van der Waals surface area contributed by atoms with Crippen molar-refractivity contribution in [2.45, 2.75) is 6.18 Å². The molecule has 28 heavy (non-hydrogen) atoms. The lowest BCUT2D eigenvalue weighted by molar-refractivity contribution is -0.137. The molecule has 0 fully saturated rings. The first-order valence-corrected chi connectivity index (χ1v) is 7.91. The number of halogens is 3. The van der Waals surface area contributed by atoms with Crippen LogP contribution in [-0.2, 0) is 11.0 Å². The Morgan fingerprint density at radius 2 is 1.61 bits per heavy atom. The van der Waals surface area contributed by atoms with Crippen molar-refractivity contribution in [3.05, 3.63) is 65.2 Å². The average molecular weight is 394 g/mol. The quantitative estimate of drug-likeness (QED) is 0.603. The minimum absolute atomic E-state index is 0.179. The molecule has 0 aliphatic heterocycles. The van der Waals surface area contributed by atoms with Gasteiger partial charge in [0.2, 0.25) is 0 Å². The summed E-state index contributed by atoms with van der Waals surface area (Å²) in [5.41, 5.74) is 3.88. The molecule has 2 aromatic carbocycles. The first-order chi connectivity index (χ1) is 13.2. The Hall–Kier alpha value is -3.49. The van der Waals surface area contributed by atoms with Gasteiger partial charge in [0.1, 0.15) is 11.5 Å². The van der Waals surface area contributed by atoms with Crippen LogP contribution in [0.3, 0.4) is 0 Å². The Labute approximate surface area is 158 Å². The second kappa shape index (κ2) is 8.94. The Morgan fingerprint density at radius 1 is 0.964 bits per heavy atom. The summed E-state index contributed by atoms with van der Waals surface area (Å²) in [5.74, 6) is -0.570. The van der Waals surface area contributed by atoms with Gasteiger partial charge in [0.15, 0.2) is 0 Å². The molecule has 0 radical (unpaired) electrons. The zero-order chi connectivity index (χ0) is 20.7. The summed E-state index contributed by atoms with van der Waals surface area (Å²) in [6.07, 6.45) is -2.27. The molecule has 0 saturated heterocycles. The van der Waals surface area contributed by atoms with Crippen LogP contribution in [0.5, 0.6) is 11.5 Å². The summed E-state index contributed by atoms with van der Waals surface area (Å²) in [5, 5.41) is 0. The van der Waals surface area contributed by atoms with Crippen molar-refractivity contribution >= 4 is 17.9 Å². The van der Waals surface area contributed by atoms with Crippen LogP contribution in [0.4, 0.5) is 13.2 Å². The van der Waals surface area contributed by atoms with Gasteiger partial charge >= 0.3 is 6.18 Å². The summed E-state index contributed by atoms with van der Waals surface area (Å²) >= 11 is 0. The van der Waals surface area contributed by atoms with Crippen molar-refractivity contribution in [3.8, 4) is 11.5 Å². The highest BCUT2D eigenvalue weighted by Crippen LogP contribution is 2.29. The number of carbonyl (C=O) groups is 2. The lowest BCUT2D eigenvalue weighted by Gasteiger charge is -2.09. The van der Waals surface area contributed by atoms with Crippen LogP contribution >= 0.6 is 0 Å². The predicted molar refractivity (Wildman–Crippen MR) is 95.6 cm³/mol. The third-order valence-electron chi connectivity index (χ3n) is 3.55. The molecule has 148 valence electrons. The lowest BCUT2D eigenvalue weighted by Crippen LogP contribution is -2.40. The molecular formula is C19H17F3N2O4. The molecule has 0 bridgehead atoms. The minimum atomic E-state index is -4.47. The van der Waals surface area contributed by atoms with Gasteiger partial charge in [-0.25, -0.2) is 0 Å². The molecule has 0 saturated carbocycles. The second-order valence-corrected chi connectivity index (χ2v) is 5.50. The number of rotatable bonds is 5. The maximum atomic E-state index is 12.7. The van der Waals surface area contributed by atoms with E-state index in [1.165, 1.54) is 44.6 Å². The SMILES string of the molecule is COc1cc(OC)cc(C(=O)NNC(=O)/C=C/c2cccc(C(F)(F)F)c2)c1. The van der Waals surface area contributed by atoms with Crippen LogP contribution in [0.2, 0.25) is 0 Å². The molecule has 0 atom stereocenters. The van der Waals surface area contributed by atoms with E-state index in [-0.39, 0.29) is 11.1 Å². The molecule has 0 aromatic heterocycles. The van der Waals surface area contributed by atoms with Gasteiger partial charge in [0, 0.05) is 17.7 Å². The number of benzene rings is 2. The van der Waals surface area contributed by atoms with Crippen LogP contribution < -0.4 is 20.3 Å². The van der Waals surface area contributed by atoms with E-state index in [1.807, 2.05) is 0 Å². The smallest absolute Gasteiger partial charge is 0.416 e. The fourth-order valence-corrected chi connectivity index (χ4v) is 2.16. The topological polar surface area (TPSA) is 76.7 Å². The largest absolute Gasteiger partial charge is 0.497 e. The van der Waals surface area contributed by atoms with Gasteiger partial charge in [0.25, 0.3) is 11.8 Å². The number of methoxy groups -OCH3 is 2. The first-order valence-electron chi connectivity index (χ1n) is 7.91. The summed E-state index contributed by atoms with van der Waals surface area (Å²) in [4.78, 5) is 23.9. The average Bonchev–Trinajstić information content (AvgIpc) is 2.69. The van der Waals surface area contributed by atoms with E-state index in [9.17, 15) is 22.8 Å². The molecule has 0 spiro atoms. The fourth-order valence-electron chi connectivity index (χ4n) is 2.16. The zero-order valence-corrected chi connectivity index (χ0v) is 15.0. The first kappa shape index (κ1) is 20.8. The second-order valence-electron chi connectivity index (χ2n) is 5.50. The van der Waals surface area contributed by atoms with Gasteiger partial charge in [-0.1, -0.05) is 12.1 Å². The highest BCUT2D eigenvalue weighted by molar-refractivity contribution is 5.98. The van der Waals surface area contributed by atoms with E-state index >= 15 is 0 Å². The standard InChI is InChI=1S/C19H17F3N2O4/c1-27-15-9-13(10-16(11-15)28-2)18(26)24-23-17(25)7-6-12-4-3-5-14(8-12)19(20,21)22/h3-11H,1-2H3,(H,23,25)(H,24,26)/b7-6+. The molecule has 2 aromatic rings. The van der Waals surface area contributed by atoms with Crippen molar-refractivity contribution < 1.29 is 32.2 Å². The van der Waals surface area contributed by atoms with E-state index in [0.717, 1.165) is 18.2 Å². The molecule has 6 nitrogen and oxygen atoms in total. The fraction of sp³-hybridized carbons (Fsp3) is 0.158. The summed E-state index contributed by atoms with van der Waals surface area (Å²) in [6, 6.07) is 8.96. The third kappa shape index (κ3) is 5.76. The Morgan fingerprint density at radius 3 is 2.18 bits per heavy atom. The number of hydrazine groups is 1. The van der Waals surface area contributed by atoms with E-state index in [1.54, 1.807) is 6.07 Å². The molecule has 2 N–H and O–H groups in total. The molecular weight excluding hydrogens is 377 g/mol. The van der Waals surface area contributed by atoms with Crippen molar-refractivity contribution in [3.63, 3.8) is 0 Å². The molecule has 0 aliphatic carbocycles. The lowest BCUT2D eigenvalue weighted by atomic mass is 10.1. The molecule has 0 unspecified atom stereocenters. The number of hydrogen-bond donors (Lipinski definition) is 2. The maximum Gasteiger partial charge on any atom is 0.416 e. The number of carbonyl (C=O) groups excluding carboxylic acids is 2. The van der Waals surface area contributed by atoms with Crippen molar-refractivity contribution in [2.75, 3.05) is 14.2 Å². The van der Waals surface area contributed by atoms with Crippen LogP contribution in [0, 0.1) is 0 Å². The van der Waals surface area contributed by atoms with Crippen LogP contribution in [0.1, 0.15) is 21.5 Å². The van der Waals surface area contributed by atoms with Crippen LogP contribution in [-0.4, -0.2) is 26.0 Å². The van der Waals surface area contributed by atoms with E-state index in [4.69, 9.17) is 9.47 Å². The minimum Gasteiger partial charge on any atom is -0.497 e. The number of amides is 2. The monoisotopic (exact) mass is 394 g/mol. The number of hydrogen-bond acceptors (Lipinski definition) is 4. The summed E-state index contributed by atoms with van der Waals surface area (Å²) in [7, 11) is 2.85. The molecule has 0 aliphatic rings. The van der Waals surface area contributed by atoms with E-state index in [2.05, 4.69) is 10.9 Å². The van der Waals surface area contributed by atoms with Crippen LogP contribution in [0.25, 0.3) is 6.08 Å². The Balaban J connectivity index is 1.99. The number of nitrogens with one attached hydrogen (secondary N) is 2. The van der Waals surface area contributed by atoms with Gasteiger partial charge < -0.3 is 9.47 Å². The Bertz CT molecular complexity index is 873. The maximum absolute atomic E-state index is 12.7. The molecule has 2 rings (SSSR count). The number of alkyl halides is 3. The zero-order valence-electron chi connectivity index (χ0n) is 15.0. The van der Waals surface area contributed by atoms with Gasteiger partial charge in [-0.05, 0) is 35.9 Å². The van der Waals surface area contributed by atoms with Crippen molar-refractivity contribution in [1.29, 1.82) is 0 Å². The van der Waals surface area contributed by atoms with Gasteiger partial charge in [-0.3, -0.25) is 20.4 Å². The van der Waals surface area contributed by atoms with Crippen molar-refractivity contribution in [2.24, 2.45) is 0 Å². The highest BCUT2D eigenvalue weighted by atomic mass is 19.4. The molecule has 2 amide bonds. The van der Waals surface area contributed by atoms with Gasteiger partial charge in [0.05, 0.1) is 19.8 Å². The number of ether oxygens (including phenoxy) is 2. The van der Waals surface area contributed by atoms with Crippen LogP contribution in [0.15, 0.2) is 48.5 Å². The van der Waals surface area contributed by atoms with Crippen molar-refractivity contribution in [1.82, 2.24) is 10.9 Å².